The van der Waals surface area contributed by atoms with Crippen molar-refractivity contribution >= 4 is 11.6 Å². The summed E-state index contributed by atoms with van der Waals surface area (Å²) in [5, 5.41) is 0.123. The highest BCUT2D eigenvalue weighted by molar-refractivity contribution is 6.21. The van der Waals surface area contributed by atoms with E-state index in [-0.39, 0.29) is 5.38 Å². The molecule has 1 aliphatic heterocycles. The van der Waals surface area contributed by atoms with Crippen molar-refractivity contribution in [3.8, 4) is 0 Å². The van der Waals surface area contributed by atoms with Gasteiger partial charge in [0.15, 0.2) is 0 Å². The number of hydrogen-bond donors (Lipinski definition) is 0. The fourth-order valence-corrected chi connectivity index (χ4v) is 3.17. The third kappa shape index (κ3) is 3.49. The number of aryl methyl sites for hydroxylation is 1. The summed E-state index contributed by atoms with van der Waals surface area (Å²) >= 11 is 6.57. The Bertz CT molecular complexity index is 360. The van der Waals surface area contributed by atoms with Crippen LogP contribution >= 0.6 is 11.6 Å². The van der Waals surface area contributed by atoms with Crippen molar-refractivity contribution in [2.24, 2.45) is 0 Å². The van der Waals surface area contributed by atoms with Gasteiger partial charge in [-0.2, -0.15) is 0 Å². The number of alkyl halides is 1. The first-order valence-corrected chi connectivity index (χ1v) is 7.59. The molecule has 0 aromatic heterocycles. The highest BCUT2D eigenvalue weighted by atomic mass is 35.5. The van der Waals surface area contributed by atoms with E-state index in [9.17, 15) is 0 Å². The van der Waals surface area contributed by atoms with Gasteiger partial charge in [-0.05, 0) is 38.3 Å². The number of halogens is 1. The van der Waals surface area contributed by atoms with Crippen molar-refractivity contribution in [2.75, 3.05) is 13.1 Å². The first-order valence-electron chi connectivity index (χ1n) is 7.15. The van der Waals surface area contributed by atoms with E-state index in [2.05, 4.69) is 43.0 Å². The molecule has 0 bridgehead atoms. The maximum Gasteiger partial charge on any atom is 0.0712 e. The van der Waals surface area contributed by atoms with Gasteiger partial charge in [0.25, 0.3) is 0 Å². The molecule has 100 valence electrons. The second-order valence-corrected chi connectivity index (χ2v) is 5.96. The quantitative estimate of drug-likeness (QED) is 0.723. The van der Waals surface area contributed by atoms with E-state index in [1.807, 2.05) is 0 Å². The van der Waals surface area contributed by atoms with E-state index in [4.69, 9.17) is 11.6 Å². The Morgan fingerprint density at radius 2 is 2.00 bits per heavy atom. The standard InChI is InChI=1S/C16H24ClN/c1-3-15-6-4-5-11-18(15)12-16(17)14-9-7-13(2)8-10-14/h7-10,15-16H,3-6,11-12H2,1-2H3. The monoisotopic (exact) mass is 265 g/mol. The molecule has 0 saturated carbocycles. The number of likely N-dealkylation sites (tertiary alicyclic amines) is 1. The minimum absolute atomic E-state index is 0.123. The molecule has 0 N–H and O–H groups in total. The summed E-state index contributed by atoms with van der Waals surface area (Å²) in [5.74, 6) is 0. The molecule has 1 aromatic carbocycles. The van der Waals surface area contributed by atoms with Gasteiger partial charge >= 0.3 is 0 Å². The molecule has 1 aliphatic rings. The molecule has 1 heterocycles. The summed E-state index contributed by atoms with van der Waals surface area (Å²) in [6.45, 7) is 6.61. The third-order valence-corrected chi connectivity index (χ3v) is 4.44. The van der Waals surface area contributed by atoms with Crippen molar-refractivity contribution in [2.45, 2.75) is 50.9 Å². The molecular formula is C16H24ClN. The Labute approximate surface area is 116 Å². The first kappa shape index (κ1) is 13.9. The van der Waals surface area contributed by atoms with Crippen LogP contribution < -0.4 is 0 Å². The summed E-state index contributed by atoms with van der Waals surface area (Å²) in [4.78, 5) is 2.58. The van der Waals surface area contributed by atoms with Crippen LogP contribution in [0.5, 0.6) is 0 Å². The van der Waals surface area contributed by atoms with Crippen LogP contribution in [-0.4, -0.2) is 24.0 Å². The molecule has 2 heteroatoms. The molecule has 1 fully saturated rings. The predicted molar refractivity (Wildman–Crippen MR) is 79.3 cm³/mol. The largest absolute Gasteiger partial charge is 0.299 e. The zero-order valence-electron chi connectivity index (χ0n) is 11.5. The molecule has 2 atom stereocenters. The Balaban J connectivity index is 1.97. The van der Waals surface area contributed by atoms with E-state index >= 15 is 0 Å². The summed E-state index contributed by atoms with van der Waals surface area (Å²) < 4.78 is 0. The maximum absolute atomic E-state index is 6.57. The van der Waals surface area contributed by atoms with Crippen LogP contribution in [0.4, 0.5) is 0 Å². The smallest absolute Gasteiger partial charge is 0.0712 e. The third-order valence-electron chi connectivity index (χ3n) is 4.05. The molecule has 2 unspecified atom stereocenters. The highest BCUT2D eigenvalue weighted by Crippen LogP contribution is 2.27. The average molecular weight is 266 g/mol. The fourth-order valence-electron chi connectivity index (χ4n) is 2.85. The summed E-state index contributed by atoms with van der Waals surface area (Å²) in [6.07, 6.45) is 5.30. The number of rotatable bonds is 4. The van der Waals surface area contributed by atoms with Crippen LogP contribution in [0.2, 0.25) is 0 Å². The summed E-state index contributed by atoms with van der Waals surface area (Å²) in [6, 6.07) is 9.37. The molecule has 1 nitrogen and oxygen atoms in total. The summed E-state index contributed by atoms with van der Waals surface area (Å²) in [5.41, 5.74) is 2.55. The van der Waals surface area contributed by atoms with Crippen LogP contribution in [0, 0.1) is 6.92 Å². The number of hydrogen-bond acceptors (Lipinski definition) is 1. The van der Waals surface area contributed by atoms with Gasteiger partial charge < -0.3 is 0 Å². The molecule has 0 radical (unpaired) electrons. The topological polar surface area (TPSA) is 3.24 Å². The molecule has 0 spiro atoms. The first-order chi connectivity index (χ1) is 8.70. The van der Waals surface area contributed by atoms with Gasteiger partial charge in [0.1, 0.15) is 0 Å². The van der Waals surface area contributed by atoms with E-state index in [1.165, 1.54) is 43.4 Å². The van der Waals surface area contributed by atoms with E-state index < -0.39 is 0 Å². The minimum Gasteiger partial charge on any atom is -0.299 e. The Morgan fingerprint density at radius 1 is 1.28 bits per heavy atom. The van der Waals surface area contributed by atoms with E-state index in [0.29, 0.717) is 0 Å². The summed E-state index contributed by atoms with van der Waals surface area (Å²) in [7, 11) is 0. The van der Waals surface area contributed by atoms with Gasteiger partial charge in [0.05, 0.1) is 5.38 Å². The van der Waals surface area contributed by atoms with Crippen LogP contribution in [0.25, 0.3) is 0 Å². The lowest BCUT2D eigenvalue weighted by atomic mass is 9.99. The lowest BCUT2D eigenvalue weighted by molar-refractivity contribution is 0.144. The molecule has 2 rings (SSSR count). The second-order valence-electron chi connectivity index (χ2n) is 5.43. The predicted octanol–water partition coefficient (Wildman–Crippen LogP) is 4.54. The number of nitrogens with zero attached hydrogens (tertiary/aromatic N) is 1. The average Bonchev–Trinajstić information content (AvgIpc) is 2.40. The Kier molecular flexibility index (Phi) is 5.08. The molecule has 18 heavy (non-hydrogen) atoms. The molecule has 0 aliphatic carbocycles. The molecule has 1 saturated heterocycles. The molecular weight excluding hydrogens is 242 g/mol. The van der Waals surface area contributed by atoms with Crippen molar-refractivity contribution in [3.05, 3.63) is 35.4 Å². The number of piperidine rings is 1. The van der Waals surface area contributed by atoms with E-state index in [0.717, 1.165) is 12.6 Å². The van der Waals surface area contributed by atoms with Crippen LogP contribution in [0.15, 0.2) is 24.3 Å². The van der Waals surface area contributed by atoms with Crippen molar-refractivity contribution in [1.82, 2.24) is 4.90 Å². The molecule has 0 amide bonds. The van der Waals surface area contributed by atoms with Crippen molar-refractivity contribution < 1.29 is 0 Å². The normalized spacial score (nSPS) is 22.9. The van der Waals surface area contributed by atoms with Crippen LogP contribution in [-0.2, 0) is 0 Å². The lowest BCUT2D eigenvalue weighted by Crippen LogP contribution is -2.40. The zero-order valence-corrected chi connectivity index (χ0v) is 12.3. The van der Waals surface area contributed by atoms with E-state index in [1.54, 1.807) is 0 Å². The lowest BCUT2D eigenvalue weighted by Gasteiger charge is -2.36. The van der Waals surface area contributed by atoms with Gasteiger partial charge in [-0.3, -0.25) is 4.90 Å². The maximum atomic E-state index is 6.57. The van der Waals surface area contributed by atoms with Crippen LogP contribution in [0.3, 0.4) is 0 Å². The highest BCUT2D eigenvalue weighted by Gasteiger charge is 2.23. The Morgan fingerprint density at radius 3 is 2.67 bits per heavy atom. The van der Waals surface area contributed by atoms with Gasteiger partial charge in [-0.1, -0.05) is 43.2 Å². The minimum atomic E-state index is 0.123. The van der Waals surface area contributed by atoms with Gasteiger partial charge in [0.2, 0.25) is 0 Å². The second kappa shape index (κ2) is 6.58. The van der Waals surface area contributed by atoms with Crippen molar-refractivity contribution in [3.63, 3.8) is 0 Å². The fraction of sp³-hybridized carbons (Fsp3) is 0.625. The van der Waals surface area contributed by atoms with Gasteiger partial charge in [-0.25, -0.2) is 0 Å². The van der Waals surface area contributed by atoms with Crippen LogP contribution in [0.1, 0.15) is 49.1 Å². The van der Waals surface area contributed by atoms with Gasteiger partial charge in [0, 0.05) is 12.6 Å². The van der Waals surface area contributed by atoms with Gasteiger partial charge in [-0.15, -0.1) is 11.6 Å². The molecule has 1 aromatic rings. The zero-order chi connectivity index (χ0) is 13.0. The SMILES string of the molecule is CCC1CCCCN1CC(Cl)c1ccc(C)cc1. The van der Waals surface area contributed by atoms with Crippen molar-refractivity contribution in [1.29, 1.82) is 0 Å². The Hall–Kier alpha value is -0.530. The number of benzene rings is 1.